The molecule has 140 valence electrons. The molecule has 0 bridgehead atoms. The van der Waals surface area contributed by atoms with E-state index in [1.807, 2.05) is 30.3 Å². The Morgan fingerprint density at radius 3 is 2.85 bits per heavy atom. The van der Waals surface area contributed by atoms with Gasteiger partial charge in [0.25, 0.3) is 0 Å². The topological polar surface area (TPSA) is 88.3 Å². The fourth-order valence-electron chi connectivity index (χ4n) is 4.36. The second-order valence-electron chi connectivity index (χ2n) is 7.25. The first kappa shape index (κ1) is 17.6. The molecule has 0 fully saturated rings. The molecule has 2 aromatic carbocycles. The van der Waals surface area contributed by atoms with Gasteiger partial charge >= 0.3 is 5.97 Å². The lowest BCUT2D eigenvalue weighted by Crippen LogP contribution is -2.37. The second-order valence-corrected chi connectivity index (χ2v) is 7.25. The van der Waals surface area contributed by atoms with Gasteiger partial charge in [0, 0.05) is 16.6 Å². The first-order chi connectivity index (χ1) is 13.0. The lowest BCUT2D eigenvalue weighted by Gasteiger charge is -2.36. The molecule has 27 heavy (non-hydrogen) atoms. The molecular formula is C22H24N2O3. The van der Waals surface area contributed by atoms with Gasteiger partial charge in [-0.3, -0.25) is 4.79 Å². The molecule has 2 heterocycles. The first-order valence-corrected chi connectivity index (χ1v) is 9.40. The standard InChI is InChI=1S/C22H24N2O3/c1-2-10-22(13-19(25)26)21-18(9-11-27-22)17-8-4-7-16(20(17)24-21)14-5-3-6-15(23)12-14/h3-8,12,24H,2,9-11,13,23H2,1H3,(H,25,26). The maximum absolute atomic E-state index is 11.6. The van der Waals surface area contributed by atoms with Crippen molar-refractivity contribution in [2.45, 2.75) is 38.2 Å². The van der Waals surface area contributed by atoms with Crippen molar-refractivity contribution in [2.24, 2.45) is 0 Å². The number of aromatic amines is 1. The number of anilines is 1. The van der Waals surface area contributed by atoms with Crippen molar-refractivity contribution in [2.75, 3.05) is 12.3 Å². The minimum atomic E-state index is -0.842. The normalized spacial score (nSPS) is 19.1. The zero-order valence-corrected chi connectivity index (χ0v) is 15.4. The summed E-state index contributed by atoms with van der Waals surface area (Å²) in [6, 6.07) is 14.0. The van der Waals surface area contributed by atoms with Crippen molar-refractivity contribution in [1.29, 1.82) is 0 Å². The zero-order chi connectivity index (χ0) is 19.0. The molecule has 1 atom stereocenters. The van der Waals surface area contributed by atoms with E-state index in [2.05, 4.69) is 24.0 Å². The van der Waals surface area contributed by atoms with Gasteiger partial charge < -0.3 is 20.6 Å². The Kier molecular flexibility index (Phi) is 4.40. The van der Waals surface area contributed by atoms with Crippen LogP contribution in [0.5, 0.6) is 0 Å². The van der Waals surface area contributed by atoms with Gasteiger partial charge in [0.2, 0.25) is 0 Å². The average Bonchev–Trinajstić information content (AvgIpc) is 3.02. The van der Waals surface area contributed by atoms with Crippen LogP contribution in [-0.4, -0.2) is 22.7 Å². The fourth-order valence-corrected chi connectivity index (χ4v) is 4.36. The molecule has 1 unspecified atom stereocenters. The van der Waals surface area contributed by atoms with E-state index in [1.165, 1.54) is 5.56 Å². The molecule has 4 rings (SSSR count). The molecule has 0 saturated carbocycles. The van der Waals surface area contributed by atoms with Crippen LogP contribution in [0.1, 0.15) is 37.4 Å². The van der Waals surface area contributed by atoms with E-state index in [9.17, 15) is 9.90 Å². The Morgan fingerprint density at radius 1 is 1.30 bits per heavy atom. The Hall–Kier alpha value is -2.79. The molecule has 1 aliphatic heterocycles. The van der Waals surface area contributed by atoms with Crippen molar-refractivity contribution in [3.8, 4) is 11.1 Å². The third kappa shape index (κ3) is 2.98. The number of rotatable bonds is 5. The summed E-state index contributed by atoms with van der Waals surface area (Å²) in [7, 11) is 0. The Balaban J connectivity index is 1.94. The summed E-state index contributed by atoms with van der Waals surface area (Å²) in [6.45, 7) is 2.60. The van der Waals surface area contributed by atoms with Gasteiger partial charge in [0.05, 0.1) is 24.2 Å². The summed E-state index contributed by atoms with van der Waals surface area (Å²) in [5.74, 6) is -0.842. The maximum Gasteiger partial charge on any atom is 0.306 e. The van der Waals surface area contributed by atoms with Gasteiger partial charge in [-0.15, -0.1) is 0 Å². The van der Waals surface area contributed by atoms with Crippen LogP contribution < -0.4 is 5.73 Å². The van der Waals surface area contributed by atoms with Crippen molar-refractivity contribution in [1.82, 2.24) is 4.98 Å². The van der Waals surface area contributed by atoms with E-state index in [0.717, 1.165) is 46.3 Å². The van der Waals surface area contributed by atoms with E-state index in [-0.39, 0.29) is 6.42 Å². The number of ether oxygens (including phenoxy) is 1. The van der Waals surface area contributed by atoms with Gasteiger partial charge in [-0.05, 0) is 36.1 Å². The van der Waals surface area contributed by atoms with E-state index in [4.69, 9.17) is 10.5 Å². The number of fused-ring (bicyclic) bond motifs is 3. The molecule has 3 aromatic rings. The predicted octanol–water partition coefficient (Wildman–Crippen LogP) is 4.46. The van der Waals surface area contributed by atoms with Gasteiger partial charge in [-0.1, -0.05) is 43.7 Å². The number of H-pyrrole nitrogens is 1. The highest BCUT2D eigenvalue weighted by Crippen LogP contribution is 2.44. The van der Waals surface area contributed by atoms with Crippen LogP contribution in [0.2, 0.25) is 0 Å². The van der Waals surface area contributed by atoms with Crippen molar-refractivity contribution >= 4 is 22.6 Å². The molecule has 1 aromatic heterocycles. The lowest BCUT2D eigenvalue weighted by molar-refractivity contribution is -0.149. The van der Waals surface area contributed by atoms with Gasteiger partial charge in [-0.25, -0.2) is 0 Å². The van der Waals surface area contributed by atoms with Crippen molar-refractivity contribution < 1.29 is 14.6 Å². The van der Waals surface area contributed by atoms with Crippen molar-refractivity contribution in [3.63, 3.8) is 0 Å². The Labute approximate surface area is 158 Å². The summed E-state index contributed by atoms with van der Waals surface area (Å²) in [6.07, 6.45) is 2.27. The third-order valence-corrected chi connectivity index (χ3v) is 5.42. The number of hydrogen-bond acceptors (Lipinski definition) is 3. The molecule has 4 N–H and O–H groups in total. The average molecular weight is 364 g/mol. The van der Waals surface area contributed by atoms with Crippen LogP contribution >= 0.6 is 0 Å². The molecule has 0 saturated heterocycles. The van der Waals surface area contributed by atoms with E-state index in [0.29, 0.717) is 13.0 Å². The molecular weight excluding hydrogens is 340 g/mol. The van der Waals surface area contributed by atoms with Crippen LogP contribution in [0, 0.1) is 0 Å². The highest BCUT2D eigenvalue weighted by Gasteiger charge is 2.41. The molecule has 0 amide bonds. The second kappa shape index (κ2) is 6.74. The van der Waals surface area contributed by atoms with Gasteiger partial charge in [0.1, 0.15) is 5.60 Å². The van der Waals surface area contributed by atoms with Crippen LogP contribution in [0.25, 0.3) is 22.0 Å². The zero-order valence-electron chi connectivity index (χ0n) is 15.4. The molecule has 0 radical (unpaired) electrons. The molecule has 0 spiro atoms. The first-order valence-electron chi connectivity index (χ1n) is 9.40. The number of hydrogen-bond donors (Lipinski definition) is 3. The van der Waals surface area contributed by atoms with Gasteiger partial charge in [0.15, 0.2) is 0 Å². The number of carboxylic acids is 1. The number of nitrogens with two attached hydrogens (primary N) is 1. The quantitative estimate of drug-likeness (QED) is 0.583. The summed E-state index contributed by atoms with van der Waals surface area (Å²) in [5, 5.41) is 10.7. The van der Waals surface area contributed by atoms with E-state index >= 15 is 0 Å². The fraction of sp³-hybridized carbons (Fsp3) is 0.318. The lowest BCUT2D eigenvalue weighted by atomic mass is 9.85. The number of carbonyl (C=O) groups is 1. The van der Waals surface area contributed by atoms with Crippen LogP contribution in [-0.2, 0) is 21.6 Å². The number of aromatic nitrogens is 1. The number of para-hydroxylation sites is 1. The number of nitrogen functional groups attached to an aromatic ring is 1. The predicted molar refractivity (Wildman–Crippen MR) is 107 cm³/mol. The molecule has 1 aliphatic rings. The number of benzene rings is 2. The van der Waals surface area contributed by atoms with Crippen molar-refractivity contribution in [3.05, 3.63) is 53.7 Å². The van der Waals surface area contributed by atoms with Crippen LogP contribution in [0.4, 0.5) is 5.69 Å². The smallest absolute Gasteiger partial charge is 0.306 e. The third-order valence-electron chi connectivity index (χ3n) is 5.42. The minimum Gasteiger partial charge on any atom is -0.481 e. The maximum atomic E-state index is 11.6. The van der Waals surface area contributed by atoms with Gasteiger partial charge in [-0.2, -0.15) is 0 Å². The molecule has 5 heteroatoms. The summed E-state index contributed by atoms with van der Waals surface area (Å²) >= 11 is 0. The summed E-state index contributed by atoms with van der Waals surface area (Å²) in [5.41, 5.74) is 11.1. The minimum absolute atomic E-state index is 0.0335. The monoisotopic (exact) mass is 364 g/mol. The molecule has 5 nitrogen and oxygen atoms in total. The summed E-state index contributed by atoms with van der Waals surface area (Å²) in [4.78, 5) is 15.1. The highest BCUT2D eigenvalue weighted by atomic mass is 16.5. The van der Waals surface area contributed by atoms with Crippen LogP contribution in [0.15, 0.2) is 42.5 Å². The molecule has 0 aliphatic carbocycles. The largest absolute Gasteiger partial charge is 0.481 e. The van der Waals surface area contributed by atoms with E-state index in [1.54, 1.807) is 0 Å². The van der Waals surface area contributed by atoms with E-state index < -0.39 is 11.6 Å². The summed E-state index contributed by atoms with van der Waals surface area (Å²) < 4.78 is 6.11. The number of nitrogens with one attached hydrogen (secondary N) is 1. The Morgan fingerprint density at radius 2 is 2.11 bits per heavy atom. The highest BCUT2D eigenvalue weighted by molar-refractivity contribution is 5.97. The Bertz CT molecular complexity index is 1010. The number of carboxylic acid groups (broad SMARTS) is 1. The number of aliphatic carboxylic acids is 1. The van der Waals surface area contributed by atoms with Crippen LogP contribution in [0.3, 0.4) is 0 Å². The SMILES string of the molecule is CCCC1(CC(=O)O)OCCc2c1[nH]c1c(-c3cccc(N)c3)cccc21.